The normalized spacial score (nSPS) is 11.6. The van der Waals surface area contributed by atoms with E-state index in [1.54, 1.807) is 60.9 Å². The van der Waals surface area contributed by atoms with Crippen molar-refractivity contribution in [2.45, 2.75) is 46.1 Å². The molecule has 18 heteroatoms. The van der Waals surface area contributed by atoms with Crippen molar-refractivity contribution in [3.8, 4) is 22.6 Å². The van der Waals surface area contributed by atoms with Gasteiger partial charge in [-0.25, -0.2) is 22.9 Å². The highest BCUT2D eigenvalue weighted by molar-refractivity contribution is 9.11. The van der Waals surface area contributed by atoms with Gasteiger partial charge in [0.15, 0.2) is 28.8 Å². The molecule has 12 nitrogen and oxygen atoms in total. The molecule has 0 bridgehead atoms. The Hall–Kier alpha value is -6.41. The lowest BCUT2D eigenvalue weighted by Crippen LogP contribution is -2.19. The maximum Gasteiger partial charge on any atom is 0.188 e. The Bertz CT molecular complexity index is 3090. The average Bonchev–Trinajstić information content (AvgIpc) is 4.08. The molecule has 1 aliphatic heterocycles. The van der Waals surface area contributed by atoms with Crippen molar-refractivity contribution in [1.29, 1.82) is 0 Å². The molecule has 1 saturated heterocycles. The first-order valence-electron chi connectivity index (χ1n) is 19.9. The van der Waals surface area contributed by atoms with E-state index in [1.807, 2.05) is 0 Å². The van der Waals surface area contributed by atoms with Crippen LogP contribution in [-0.4, -0.2) is 49.8 Å². The lowest BCUT2D eigenvalue weighted by Gasteiger charge is -2.20. The molecule has 0 radical (unpaired) electrons. The standard InChI is InChI=1S/C17H13FN2O2.C16H9FN2O2.C7H5Br2NO.C5H3BrFN.C4H8O/c1-17(2,21)16-12(8-20-9-13(16)18)15-7-10-6-11(19-3)4-5-14(10)22-15;1-9(20)16-12(7-19-8-13(16)17)15-6-10-5-11(18-2)3-4-14(10)21-15;1-4(11)7-5(8)2-10-3-6(7)9;6-4-1-5(7)3-8-2-4;1-2-4-5-3-1/h4-9,21H,1-2H3;3-8H,1H3;2-3H,1H3;1-3H;1-4H2. The van der Waals surface area contributed by atoms with Crippen molar-refractivity contribution in [3.63, 3.8) is 0 Å². The summed E-state index contributed by atoms with van der Waals surface area (Å²) in [7, 11) is 0. The van der Waals surface area contributed by atoms with Crippen LogP contribution in [0.5, 0.6) is 0 Å². The zero-order valence-corrected chi connectivity index (χ0v) is 40.8. The van der Waals surface area contributed by atoms with Gasteiger partial charge in [-0.3, -0.25) is 29.5 Å². The first kappa shape index (κ1) is 51.6. The molecule has 0 aliphatic carbocycles. The second kappa shape index (κ2) is 23.9. The fraction of sp³-hybridized carbons (Fsp3) is 0.184. The van der Waals surface area contributed by atoms with Gasteiger partial charge in [0, 0.05) is 90.6 Å². The Kier molecular flexibility index (Phi) is 18.4. The van der Waals surface area contributed by atoms with E-state index in [4.69, 9.17) is 26.7 Å². The number of carbonyl (C=O) groups excluding carboxylic acids is 2. The van der Waals surface area contributed by atoms with Gasteiger partial charge in [0.1, 0.15) is 34.3 Å². The minimum Gasteiger partial charge on any atom is -0.456 e. The van der Waals surface area contributed by atoms with Gasteiger partial charge in [-0.2, -0.15) is 0 Å². The van der Waals surface area contributed by atoms with Gasteiger partial charge < -0.3 is 18.7 Å². The van der Waals surface area contributed by atoms with Crippen molar-refractivity contribution in [3.05, 3.63) is 175 Å². The molecule has 0 amide bonds. The molecule has 0 atom stereocenters. The van der Waals surface area contributed by atoms with Gasteiger partial charge in [0.2, 0.25) is 0 Å². The topological polar surface area (TPSA) is 150 Å². The van der Waals surface area contributed by atoms with Gasteiger partial charge in [-0.05, 0) is 131 Å². The van der Waals surface area contributed by atoms with E-state index in [9.17, 15) is 27.9 Å². The molecular weight excluding hydrogens is 1070 g/mol. The van der Waals surface area contributed by atoms with Crippen molar-refractivity contribution in [2.24, 2.45) is 0 Å². The van der Waals surface area contributed by atoms with Crippen LogP contribution in [0, 0.1) is 30.6 Å². The minimum absolute atomic E-state index is 0.0196. The van der Waals surface area contributed by atoms with E-state index in [0.717, 1.165) is 51.5 Å². The van der Waals surface area contributed by atoms with Crippen molar-refractivity contribution in [1.82, 2.24) is 19.9 Å². The van der Waals surface area contributed by atoms with Crippen LogP contribution in [-0.2, 0) is 10.3 Å². The number of hydrogen-bond acceptors (Lipinski definition) is 10. The molecule has 1 fully saturated rings. The number of halogens is 6. The molecule has 0 saturated carbocycles. The van der Waals surface area contributed by atoms with Crippen LogP contribution < -0.4 is 0 Å². The monoisotopic (exact) mass is 1100 g/mol. The molecular formula is C49H38Br3F3N6O6. The largest absolute Gasteiger partial charge is 0.456 e. The number of rotatable bonds is 5. The van der Waals surface area contributed by atoms with E-state index in [2.05, 4.69) is 77.4 Å². The average molecular weight is 1100 g/mol. The molecule has 0 spiro atoms. The van der Waals surface area contributed by atoms with Crippen LogP contribution in [0.3, 0.4) is 0 Å². The number of nitrogens with zero attached hydrogens (tertiary/aromatic N) is 6. The maximum absolute atomic E-state index is 14.1. The fourth-order valence-electron chi connectivity index (χ4n) is 6.33. The third-order valence-corrected chi connectivity index (χ3v) is 10.9. The summed E-state index contributed by atoms with van der Waals surface area (Å²) in [4.78, 5) is 44.4. The van der Waals surface area contributed by atoms with Crippen molar-refractivity contribution in [2.75, 3.05) is 13.2 Å². The number of pyridine rings is 4. The predicted molar refractivity (Wildman–Crippen MR) is 258 cm³/mol. The number of aromatic nitrogens is 4. The van der Waals surface area contributed by atoms with Crippen LogP contribution in [0.2, 0.25) is 0 Å². The number of ether oxygens (including phenoxy) is 1. The zero-order valence-electron chi connectivity index (χ0n) is 36.1. The van der Waals surface area contributed by atoms with E-state index >= 15 is 0 Å². The lowest BCUT2D eigenvalue weighted by atomic mass is 9.93. The van der Waals surface area contributed by atoms with Gasteiger partial charge in [-0.15, -0.1) is 0 Å². The van der Waals surface area contributed by atoms with Crippen molar-refractivity contribution < 1.29 is 41.4 Å². The molecule has 1 aliphatic rings. The smallest absolute Gasteiger partial charge is 0.188 e. The number of ketones is 2. The SMILES string of the molecule is C1CCOC1.CC(=O)c1c(Br)cncc1Br.Fc1cncc(Br)c1.[C-]#[N+]c1ccc2oc(-c3cncc(F)c3C(C)(C)O)cc2c1.[C-]#[N+]c1ccc2oc(-c3cncc(F)c3C(C)=O)cc2c1. The van der Waals surface area contributed by atoms with Crippen LogP contribution in [0.25, 0.3) is 54.3 Å². The summed E-state index contributed by atoms with van der Waals surface area (Å²) in [5.41, 5.74) is 2.20. The van der Waals surface area contributed by atoms with Crippen LogP contribution in [0.15, 0.2) is 126 Å². The van der Waals surface area contributed by atoms with Gasteiger partial charge in [0.25, 0.3) is 0 Å². The highest BCUT2D eigenvalue weighted by Crippen LogP contribution is 2.37. The number of hydrogen-bond donors (Lipinski definition) is 1. The van der Waals surface area contributed by atoms with Gasteiger partial charge >= 0.3 is 0 Å². The number of fused-ring (bicyclic) bond motifs is 2. The summed E-state index contributed by atoms with van der Waals surface area (Å²) < 4.78 is 58.4. The highest BCUT2D eigenvalue weighted by Gasteiger charge is 2.27. The second-order valence-electron chi connectivity index (χ2n) is 14.8. The number of benzene rings is 2. The van der Waals surface area contributed by atoms with E-state index in [-0.39, 0.29) is 22.7 Å². The second-order valence-corrected chi connectivity index (χ2v) is 17.4. The molecule has 9 rings (SSSR count). The fourth-order valence-corrected chi connectivity index (χ4v) is 8.16. The third-order valence-electron chi connectivity index (χ3n) is 9.26. The number of carbonyl (C=O) groups is 2. The number of Topliss-reactive ketones (excluding diaryl/α,β-unsaturated/α-hetero) is 2. The van der Waals surface area contributed by atoms with Gasteiger partial charge in [0.05, 0.1) is 42.9 Å². The number of furan rings is 2. The summed E-state index contributed by atoms with van der Waals surface area (Å²) in [6.45, 7) is 21.9. The minimum atomic E-state index is -1.37. The summed E-state index contributed by atoms with van der Waals surface area (Å²) in [5.74, 6) is -1.21. The van der Waals surface area contributed by atoms with E-state index < -0.39 is 23.0 Å². The Morgan fingerprint density at radius 2 is 1.12 bits per heavy atom. The van der Waals surface area contributed by atoms with Crippen molar-refractivity contribution >= 4 is 92.7 Å². The first-order valence-corrected chi connectivity index (χ1v) is 22.3. The van der Waals surface area contributed by atoms with Crippen LogP contribution in [0.1, 0.15) is 66.8 Å². The Balaban J connectivity index is 0.000000171. The van der Waals surface area contributed by atoms with Crippen LogP contribution >= 0.6 is 47.8 Å². The molecule has 6 aromatic heterocycles. The molecule has 2 aromatic carbocycles. The molecule has 1 N–H and O–H groups in total. The Morgan fingerprint density at radius 1 is 0.642 bits per heavy atom. The quantitative estimate of drug-likeness (QED) is 0.130. The summed E-state index contributed by atoms with van der Waals surface area (Å²) in [5, 5.41) is 11.7. The van der Waals surface area contributed by atoms with Crippen LogP contribution in [0.4, 0.5) is 24.5 Å². The Labute approximate surface area is 408 Å². The molecule has 0 unspecified atom stereocenters. The van der Waals surface area contributed by atoms with E-state index in [0.29, 0.717) is 55.2 Å². The third kappa shape index (κ3) is 14.1. The Morgan fingerprint density at radius 3 is 1.54 bits per heavy atom. The van der Waals surface area contributed by atoms with Gasteiger partial charge in [-0.1, -0.05) is 12.1 Å². The molecule has 8 aromatic rings. The summed E-state index contributed by atoms with van der Waals surface area (Å²) in [6, 6.07) is 14.8. The highest BCUT2D eigenvalue weighted by atomic mass is 79.9. The number of aliphatic hydroxyl groups is 1. The molecule has 67 heavy (non-hydrogen) atoms. The summed E-state index contributed by atoms with van der Waals surface area (Å²) in [6.07, 6.45) is 13.4. The molecule has 342 valence electrons. The predicted octanol–water partition coefficient (Wildman–Crippen LogP) is 14.4. The first-order chi connectivity index (χ1) is 31.9. The van der Waals surface area contributed by atoms with E-state index in [1.165, 1.54) is 65.2 Å². The maximum atomic E-state index is 14.1. The zero-order chi connectivity index (χ0) is 48.8. The molecule has 7 heterocycles. The summed E-state index contributed by atoms with van der Waals surface area (Å²) >= 11 is 9.53. The lowest BCUT2D eigenvalue weighted by molar-refractivity contribution is 0.0748.